The number of benzene rings is 4. The monoisotopic (exact) mass is 703 g/mol. The third kappa shape index (κ3) is 4.52. The van der Waals surface area contributed by atoms with Crippen LogP contribution >= 0.6 is 11.8 Å². The van der Waals surface area contributed by atoms with Crippen molar-refractivity contribution in [2.24, 2.45) is 0 Å². The van der Waals surface area contributed by atoms with Crippen molar-refractivity contribution >= 4 is 44.5 Å². The zero-order chi connectivity index (χ0) is 25.6. The van der Waals surface area contributed by atoms with Gasteiger partial charge in [0.25, 0.3) is 0 Å². The summed E-state index contributed by atoms with van der Waals surface area (Å²) in [5.74, 6) is 1.07. The van der Waals surface area contributed by atoms with Crippen LogP contribution < -0.4 is 0 Å². The van der Waals surface area contributed by atoms with Crippen LogP contribution in [0.3, 0.4) is 0 Å². The Morgan fingerprint density at radius 2 is 1.62 bits per heavy atom. The average Bonchev–Trinajstić information content (AvgIpc) is 3.28. The molecule has 0 aliphatic heterocycles. The number of aromatic nitrogens is 3. The van der Waals surface area contributed by atoms with E-state index in [9.17, 15) is 5.11 Å². The first-order valence-electron chi connectivity index (χ1n) is 12.4. The van der Waals surface area contributed by atoms with Crippen LogP contribution in [0.25, 0.3) is 49.7 Å². The van der Waals surface area contributed by atoms with Crippen LogP contribution in [0, 0.1) is 13.0 Å². The average molecular weight is 704 g/mol. The number of hydrogen-bond acceptors (Lipinski definition) is 4. The molecule has 4 nitrogen and oxygen atoms in total. The van der Waals surface area contributed by atoms with Gasteiger partial charge >= 0.3 is 0 Å². The van der Waals surface area contributed by atoms with Crippen LogP contribution in [0.5, 0.6) is 5.75 Å². The standard InChI is InChI=1S/C33H22N3OS.Pt/c1-21-17-18-34-30(19-21)36-28-10-6-5-9-26(28)27-15-13-24(20-29(27)36)38-31-16-12-23-11-14-25(33(37)32(23)35-31)22-7-3-2-4-8-22;/h2-19,37H,1H3;/q-1;. The molecule has 0 fully saturated rings. The van der Waals surface area contributed by atoms with E-state index < -0.39 is 0 Å². The zero-order valence-corrected chi connectivity index (χ0v) is 24.0. The van der Waals surface area contributed by atoms with Crippen LogP contribution in [-0.2, 0) is 21.1 Å². The van der Waals surface area contributed by atoms with Gasteiger partial charge in [-0.1, -0.05) is 76.8 Å². The van der Waals surface area contributed by atoms with Crippen molar-refractivity contribution in [1.29, 1.82) is 0 Å². The van der Waals surface area contributed by atoms with Crippen molar-refractivity contribution in [3.63, 3.8) is 0 Å². The molecule has 4 aromatic carbocycles. The molecule has 0 saturated carbocycles. The zero-order valence-electron chi connectivity index (χ0n) is 20.9. The van der Waals surface area contributed by atoms with Crippen molar-refractivity contribution in [2.45, 2.75) is 16.8 Å². The van der Waals surface area contributed by atoms with Gasteiger partial charge in [0.2, 0.25) is 0 Å². The molecule has 39 heavy (non-hydrogen) atoms. The second kappa shape index (κ2) is 10.3. The van der Waals surface area contributed by atoms with E-state index in [0.29, 0.717) is 5.52 Å². The molecule has 0 aliphatic rings. The van der Waals surface area contributed by atoms with Crippen LogP contribution in [0.4, 0.5) is 0 Å². The Labute approximate surface area is 244 Å². The summed E-state index contributed by atoms with van der Waals surface area (Å²) in [4.78, 5) is 10.5. The van der Waals surface area contributed by atoms with E-state index in [4.69, 9.17) is 4.98 Å². The second-order valence-corrected chi connectivity index (χ2v) is 10.3. The molecule has 3 aromatic heterocycles. The minimum Gasteiger partial charge on any atom is -0.505 e. The number of rotatable bonds is 4. The van der Waals surface area contributed by atoms with E-state index in [1.165, 1.54) is 17.1 Å². The van der Waals surface area contributed by atoms with Gasteiger partial charge in [-0.25, -0.2) is 9.97 Å². The quantitative estimate of drug-likeness (QED) is 0.187. The molecule has 3 heterocycles. The Bertz CT molecular complexity index is 1990. The van der Waals surface area contributed by atoms with Gasteiger partial charge in [0.05, 0.1) is 5.03 Å². The third-order valence-corrected chi connectivity index (χ3v) is 7.69. The van der Waals surface area contributed by atoms with E-state index in [-0.39, 0.29) is 26.8 Å². The molecule has 7 aromatic rings. The Hall–Kier alpha value is -3.92. The van der Waals surface area contributed by atoms with Crippen molar-refractivity contribution < 1.29 is 26.2 Å². The van der Waals surface area contributed by atoms with Gasteiger partial charge in [-0.3, -0.25) is 0 Å². The molecule has 0 amide bonds. The topological polar surface area (TPSA) is 50.9 Å². The summed E-state index contributed by atoms with van der Waals surface area (Å²) >= 11 is 1.53. The van der Waals surface area contributed by atoms with Crippen molar-refractivity contribution in [2.75, 3.05) is 0 Å². The molecule has 0 unspecified atom stereocenters. The molecule has 0 atom stereocenters. The minimum absolute atomic E-state index is 0. The Morgan fingerprint density at radius 3 is 2.46 bits per heavy atom. The molecular weight excluding hydrogens is 682 g/mol. The fourth-order valence-corrected chi connectivity index (χ4v) is 5.77. The normalized spacial score (nSPS) is 11.2. The molecule has 6 heteroatoms. The first-order valence-corrected chi connectivity index (χ1v) is 13.2. The van der Waals surface area contributed by atoms with E-state index in [0.717, 1.165) is 54.2 Å². The van der Waals surface area contributed by atoms with Gasteiger partial charge in [0.1, 0.15) is 17.1 Å². The molecule has 1 N–H and O–H groups in total. The second-order valence-electron chi connectivity index (χ2n) is 9.28. The fourth-order valence-electron chi connectivity index (χ4n) is 4.99. The first kappa shape index (κ1) is 25.4. The molecule has 0 aliphatic carbocycles. The molecule has 0 radical (unpaired) electrons. The number of phenolic OH excluding ortho intramolecular Hbond substituents is 1. The van der Waals surface area contributed by atoms with E-state index >= 15 is 0 Å². The molecule has 0 bridgehead atoms. The summed E-state index contributed by atoms with van der Waals surface area (Å²) in [7, 11) is 0. The number of hydrogen-bond donors (Lipinski definition) is 1. The Balaban J connectivity index is 0.00000277. The van der Waals surface area contributed by atoms with E-state index in [1.54, 1.807) is 0 Å². The number of fused-ring (bicyclic) bond motifs is 4. The van der Waals surface area contributed by atoms with Crippen molar-refractivity contribution in [3.8, 4) is 22.7 Å². The van der Waals surface area contributed by atoms with Gasteiger partial charge in [0.15, 0.2) is 0 Å². The predicted molar refractivity (Wildman–Crippen MR) is 155 cm³/mol. The maximum atomic E-state index is 11.1. The van der Waals surface area contributed by atoms with Gasteiger partial charge in [-0.15, -0.1) is 11.5 Å². The van der Waals surface area contributed by atoms with Crippen molar-refractivity contribution in [3.05, 3.63) is 121 Å². The Kier molecular flexibility index (Phi) is 6.72. The fraction of sp³-hybridized carbons (Fsp3) is 0.0303. The molecular formula is C33H22N3OPtS-. The third-order valence-electron chi connectivity index (χ3n) is 6.80. The number of para-hydroxylation sites is 1. The van der Waals surface area contributed by atoms with Crippen molar-refractivity contribution in [1.82, 2.24) is 14.5 Å². The van der Waals surface area contributed by atoms with Crippen LogP contribution in [-0.4, -0.2) is 19.6 Å². The van der Waals surface area contributed by atoms with Gasteiger partial charge < -0.3 is 9.67 Å². The number of aryl methyl sites for hydroxylation is 1. The number of nitrogens with zero attached hydrogens (tertiary/aromatic N) is 3. The summed E-state index contributed by atoms with van der Waals surface area (Å²) in [6.45, 7) is 2.08. The smallest absolute Gasteiger partial charge is 0.149 e. The minimum atomic E-state index is 0. The summed E-state index contributed by atoms with van der Waals surface area (Å²) in [5.41, 5.74) is 5.56. The van der Waals surface area contributed by atoms with Gasteiger partial charge in [-0.05, 0) is 59.8 Å². The maximum absolute atomic E-state index is 11.1. The van der Waals surface area contributed by atoms with Crippen LogP contribution in [0.1, 0.15) is 5.56 Å². The molecule has 0 spiro atoms. The summed E-state index contributed by atoms with van der Waals surface area (Å²) in [6.07, 6.45) is 1.85. The SMILES string of the molecule is Cc1ccnc(-n2c3[c-]c(Sc4ccc5ccc(-c6ccccc6)c(O)c5n4)ccc3c3ccccc32)c1.[Pt]. The number of phenols is 1. The van der Waals surface area contributed by atoms with Crippen LogP contribution in [0.15, 0.2) is 119 Å². The van der Waals surface area contributed by atoms with Gasteiger partial charge in [-0.2, -0.15) is 12.1 Å². The first-order chi connectivity index (χ1) is 18.7. The maximum Gasteiger partial charge on any atom is 0.149 e. The largest absolute Gasteiger partial charge is 0.505 e. The van der Waals surface area contributed by atoms with E-state index in [1.807, 2.05) is 66.9 Å². The van der Waals surface area contributed by atoms with E-state index in [2.05, 4.69) is 65.0 Å². The summed E-state index contributed by atoms with van der Waals surface area (Å²) in [5, 5.41) is 15.1. The molecule has 0 saturated heterocycles. The summed E-state index contributed by atoms with van der Waals surface area (Å²) < 4.78 is 2.17. The Morgan fingerprint density at radius 1 is 0.821 bits per heavy atom. The summed E-state index contributed by atoms with van der Waals surface area (Å²) in [6, 6.07) is 38.2. The molecule has 7 rings (SSSR count). The van der Waals surface area contributed by atoms with Crippen LogP contribution in [0.2, 0.25) is 0 Å². The molecule has 192 valence electrons. The van der Waals surface area contributed by atoms with Gasteiger partial charge in [0, 0.05) is 43.7 Å². The number of aromatic hydroxyl groups is 1. The number of pyridine rings is 2. The predicted octanol–water partition coefficient (Wildman–Crippen LogP) is 8.36.